The van der Waals surface area contributed by atoms with Crippen LogP contribution < -0.4 is 9.64 Å². The van der Waals surface area contributed by atoms with E-state index in [9.17, 15) is 4.79 Å². The van der Waals surface area contributed by atoms with Gasteiger partial charge in [0.25, 0.3) is 0 Å². The van der Waals surface area contributed by atoms with Crippen molar-refractivity contribution in [2.45, 2.75) is 25.7 Å². The van der Waals surface area contributed by atoms with E-state index in [1.54, 1.807) is 18.4 Å². The number of benzene rings is 2. The fraction of sp³-hybridized carbons (Fsp3) is 0.250. The quantitative estimate of drug-likeness (QED) is 0.460. The SMILES string of the molecule is COc1ccc(-c2cn3c(CCC(=O)N4CCCc5ccccc54)csc3n2)cc1. The number of hydrogen-bond acceptors (Lipinski definition) is 4. The van der Waals surface area contributed by atoms with E-state index >= 15 is 0 Å². The van der Waals surface area contributed by atoms with Gasteiger partial charge in [-0.1, -0.05) is 18.2 Å². The van der Waals surface area contributed by atoms with E-state index in [4.69, 9.17) is 9.72 Å². The van der Waals surface area contributed by atoms with Crippen LogP contribution in [-0.4, -0.2) is 28.9 Å². The zero-order valence-electron chi connectivity index (χ0n) is 16.9. The van der Waals surface area contributed by atoms with Crippen LogP contribution in [0.1, 0.15) is 24.1 Å². The molecule has 2 aromatic carbocycles. The number of fused-ring (bicyclic) bond motifs is 2. The maximum atomic E-state index is 13.0. The summed E-state index contributed by atoms with van der Waals surface area (Å²) >= 11 is 1.62. The molecule has 0 fully saturated rings. The average molecular weight is 418 g/mol. The second-order valence-electron chi connectivity index (χ2n) is 7.51. The molecule has 5 rings (SSSR count). The number of thiazole rings is 1. The van der Waals surface area contributed by atoms with Crippen molar-refractivity contribution in [1.29, 1.82) is 0 Å². The van der Waals surface area contributed by atoms with Gasteiger partial charge in [-0.05, 0) is 55.2 Å². The maximum absolute atomic E-state index is 13.0. The Hall–Kier alpha value is -3.12. The molecule has 0 radical (unpaired) electrons. The van der Waals surface area contributed by atoms with E-state index in [0.717, 1.165) is 52.7 Å². The smallest absolute Gasteiger partial charge is 0.227 e. The second kappa shape index (κ2) is 7.95. The third kappa shape index (κ3) is 3.48. The summed E-state index contributed by atoms with van der Waals surface area (Å²) < 4.78 is 7.35. The molecule has 0 saturated heterocycles. The molecule has 0 N–H and O–H groups in total. The number of rotatable bonds is 5. The Morgan fingerprint density at radius 1 is 1.17 bits per heavy atom. The molecule has 0 unspecified atom stereocenters. The maximum Gasteiger partial charge on any atom is 0.227 e. The molecule has 2 aromatic heterocycles. The number of aryl methyl sites for hydroxylation is 2. The van der Waals surface area contributed by atoms with Gasteiger partial charge in [0.15, 0.2) is 4.96 Å². The predicted octanol–water partition coefficient (Wildman–Crippen LogP) is 4.98. The minimum Gasteiger partial charge on any atom is -0.497 e. The molecule has 30 heavy (non-hydrogen) atoms. The first-order valence-electron chi connectivity index (χ1n) is 10.2. The summed E-state index contributed by atoms with van der Waals surface area (Å²) in [5.74, 6) is 1.02. The van der Waals surface area contributed by atoms with Gasteiger partial charge in [0.05, 0.1) is 12.8 Å². The van der Waals surface area contributed by atoms with E-state index < -0.39 is 0 Å². The minimum absolute atomic E-state index is 0.192. The number of methoxy groups -OCH3 is 1. The van der Waals surface area contributed by atoms with Crippen LogP contribution >= 0.6 is 11.3 Å². The molecule has 6 heteroatoms. The van der Waals surface area contributed by atoms with Gasteiger partial charge >= 0.3 is 0 Å². The van der Waals surface area contributed by atoms with Gasteiger partial charge in [0.2, 0.25) is 5.91 Å². The van der Waals surface area contributed by atoms with Crippen molar-refractivity contribution < 1.29 is 9.53 Å². The molecule has 1 amide bonds. The Bertz CT molecular complexity index is 1190. The monoisotopic (exact) mass is 417 g/mol. The topological polar surface area (TPSA) is 46.8 Å². The van der Waals surface area contributed by atoms with Gasteiger partial charge in [0.1, 0.15) is 5.75 Å². The van der Waals surface area contributed by atoms with Crippen LogP contribution in [0.15, 0.2) is 60.1 Å². The third-order valence-electron chi connectivity index (χ3n) is 5.68. The summed E-state index contributed by atoms with van der Waals surface area (Å²) in [5.41, 5.74) is 5.46. The normalized spacial score (nSPS) is 13.4. The number of carbonyl (C=O) groups excluding carboxylic acids is 1. The highest BCUT2D eigenvalue weighted by atomic mass is 32.1. The van der Waals surface area contributed by atoms with Crippen molar-refractivity contribution in [2.24, 2.45) is 0 Å². The van der Waals surface area contributed by atoms with Crippen LogP contribution in [0.5, 0.6) is 5.75 Å². The molecular formula is C24H23N3O2S. The molecule has 1 aliphatic rings. The number of anilines is 1. The summed E-state index contributed by atoms with van der Waals surface area (Å²) in [6.45, 7) is 0.807. The first-order chi connectivity index (χ1) is 14.7. The van der Waals surface area contributed by atoms with E-state index in [2.05, 4.69) is 28.1 Å². The number of carbonyl (C=O) groups is 1. The standard InChI is InChI=1S/C24H23N3O2S/c1-29-20-11-8-17(9-12-20)21-15-27-19(16-30-24(27)25-21)10-13-23(28)26-14-4-6-18-5-2-3-7-22(18)26/h2-3,5,7-9,11-12,15-16H,4,6,10,13-14H2,1H3. The first-order valence-corrected chi connectivity index (χ1v) is 11.1. The number of hydrogen-bond donors (Lipinski definition) is 0. The number of imidazole rings is 1. The number of aromatic nitrogens is 2. The Balaban J connectivity index is 1.32. The molecule has 0 atom stereocenters. The lowest BCUT2D eigenvalue weighted by Gasteiger charge is -2.29. The van der Waals surface area contributed by atoms with Gasteiger partial charge < -0.3 is 9.64 Å². The van der Waals surface area contributed by atoms with Crippen LogP contribution in [-0.2, 0) is 17.6 Å². The van der Waals surface area contributed by atoms with E-state index in [0.29, 0.717) is 12.8 Å². The number of nitrogens with zero attached hydrogens (tertiary/aromatic N) is 3. The van der Waals surface area contributed by atoms with E-state index in [-0.39, 0.29) is 5.91 Å². The number of para-hydroxylation sites is 1. The van der Waals surface area contributed by atoms with Gasteiger partial charge in [-0.2, -0.15) is 0 Å². The highest BCUT2D eigenvalue weighted by Gasteiger charge is 2.22. The fourth-order valence-electron chi connectivity index (χ4n) is 4.07. The molecular weight excluding hydrogens is 394 g/mol. The number of amides is 1. The largest absolute Gasteiger partial charge is 0.497 e. The van der Waals surface area contributed by atoms with E-state index in [1.165, 1.54) is 5.56 Å². The van der Waals surface area contributed by atoms with Crippen molar-refractivity contribution in [1.82, 2.24) is 9.38 Å². The van der Waals surface area contributed by atoms with Crippen molar-refractivity contribution in [3.63, 3.8) is 0 Å². The van der Waals surface area contributed by atoms with Crippen LogP contribution in [0.2, 0.25) is 0 Å². The highest BCUT2D eigenvalue weighted by Crippen LogP contribution is 2.29. The third-order valence-corrected chi connectivity index (χ3v) is 6.56. The van der Waals surface area contributed by atoms with Gasteiger partial charge in [-0.25, -0.2) is 4.98 Å². The van der Waals surface area contributed by atoms with Gasteiger partial charge in [-0.15, -0.1) is 11.3 Å². The van der Waals surface area contributed by atoms with Crippen LogP contribution in [0.4, 0.5) is 5.69 Å². The molecule has 0 saturated carbocycles. The van der Waals surface area contributed by atoms with Crippen LogP contribution in [0.3, 0.4) is 0 Å². The first kappa shape index (κ1) is 18.9. The van der Waals surface area contributed by atoms with Crippen molar-refractivity contribution >= 4 is 27.9 Å². The Kier molecular flexibility index (Phi) is 5.01. The summed E-state index contributed by atoms with van der Waals surface area (Å²) in [6.07, 6.45) is 5.34. The molecule has 0 aliphatic carbocycles. The van der Waals surface area contributed by atoms with Crippen molar-refractivity contribution in [3.05, 3.63) is 71.4 Å². The lowest BCUT2D eigenvalue weighted by Crippen LogP contribution is -2.35. The molecule has 0 spiro atoms. The lowest BCUT2D eigenvalue weighted by atomic mass is 10.0. The van der Waals surface area contributed by atoms with Crippen molar-refractivity contribution in [3.8, 4) is 17.0 Å². The summed E-state index contributed by atoms with van der Waals surface area (Å²) in [7, 11) is 1.66. The minimum atomic E-state index is 0.192. The zero-order chi connectivity index (χ0) is 20.5. The fourth-order valence-corrected chi connectivity index (χ4v) is 4.98. The van der Waals surface area contributed by atoms with E-state index in [1.807, 2.05) is 41.3 Å². The molecule has 5 nitrogen and oxygen atoms in total. The average Bonchev–Trinajstić information content (AvgIpc) is 3.38. The second-order valence-corrected chi connectivity index (χ2v) is 8.35. The van der Waals surface area contributed by atoms with Crippen molar-refractivity contribution in [2.75, 3.05) is 18.6 Å². The van der Waals surface area contributed by atoms with Gasteiger partial charge in [0, 0.05) is 41.5 Å². The molecule has 1 aliphatic heterocycles. The molecule has 152 valence electrons. The van der Waals surface area contributed by atoms with Gasteiger partial charge in [-0.3, -0.25) is 9.20 Å². The summed E-state index contributed by atoms with van der Waals surface area (Å²) in [6, 6.07) is 16.2. The zero-order valence-corrected chi connectivity index (χ0v) is 17.7. The summed E-state index contributed by atoms with van der Waals surface area (Å²) in [4.78, 5) is 20.6. The lowest BCUT2D eigenvalue weighted by molar-refractivity contribution is -0.118. The van der Waals surface area contributed by atoms with Crippen LogP contribution in [0.25, 0.3) is 16.2 Å². The molecule has 0 bridgehead atoms. The molecule has 3 heterocycles. The number of ether oxygens (including phenoxy) is 1. The Morgan fingerprint density at radius 2 is 2.00 bits per heavy atom. The Labute approximate surface area is 179 Å². The highest BCUT2D eigenvalue weighted by molar-refractivity contribution is 7.15. The Morgan fingerprint density at radius 3 is 2.83 bits per heavy atom. The summed E-state index contributed by atoms with van der Waals surface area (Å²) in [5, 5.41) is 2.11. The predicted molar refractivity (Wildman–Crippen MR) is 120 cm³/mol. The molecule has 4 aromatic rings. The van der Waals surface area contributed by atoms with Crippen LogP contribution in [0, 0.1) is 0 Å².